The topological polar surface area (TPSA) is 81.2 Å². The van der Waals surface area contributed by atoms with Crippen molar-refractivity contribution in [1.29, 1.82) is 0 Å². The Balaban J connectivity index is 2.29. The molecule has 7 heteroatoms. The molecule has 0 atom stereocenters. The number of amides is 2. The minimum atomic E-state index is -0.878. The summed E-state index contributed by atoms with van der Waals surface area (Å²) in [7, 11) is 3.69. The Kier molecular flexibility index (Phi) is 6.44. The molecule has 1 fully saturated rings. The van der Waals surface area contributed by atoms with Crippen LogP contribution in [0.15, 0.2) is 0 Å². The summed E-state index contributed by atoms with van der Waals surface area (Å²) in [6, 6.07) is 0. The number of nitrogens with zero attached hydrogens (tertiary/aromatic N) is 3. The molecule has 114 valence electrons. The lowest BCUT2D eigenvalue weighted by molar-refractivity contribution is -0.140. The number of carboxylic acids is 1. The average molecular weight is 285 g/mol. The maximum Gasteiger partial charge on any atom is 0.303 e. The van der Waals surface area contributed by atoms with Gasteiger partial charge in [0.1, 0.15) is 0 Å². The molecule has 1 N–H and O–H groups in total. The summed E-state index contributed by atoms with van der Waals surface area (Å²) in [6.07, 6.45) is 0.652. The Hall–Kier alpha value is -1.63. The molecule has 0 saturated carbocycles. The van der Waals surface area contributed by atoms with Crippen LogP contribution in [0.3, 0.4) is 0 Å². The summed E-state index contributed by atoms with van der Waals surface area (Å²) in [5.41, 5.74) is 0. The molecule has 7 nitrogen and oxygen atoms in total. The maximum absolute atomic E-state index is 11.9. The van der Waals surface area contributed by atoms with E-state index in [4.69, 9.17) is 5.11 Å². The molecule has 0 spiro atoms. The molecule has 0 aromatic rings. The fourth-order valence-corrected chi connectivity index (χ4v) is 2.12. The molecule has 2 amide bonds. The number of likely N-dealkylation sites (N-methyl/N-ethyl adjacent to an activating group) is 1. The maximum atomic E-state index is 11.9. The van der Waals surface area contributed by atoms with Crippen molar-refractivity contribution in [2.24, 2.45) is 0 Å². The highest BCUT2D eigenvalue weighted by atomic mass is 16.4. The molecule has 0 aromatic heterocycles. The van der Waals surface area contributed by atoms with Crippen LogP contribution in [-0.4, -0.2) is 84.4 Å². The van der Waals surface area contributed by atoms with Crippen LogP contribution < -0.4 is 0 Å². The van der Waals surface area contributed by atoms with E-state index in [-0.39, 0.29) is 24.7 Å². The molecule has 1 heterocycles. The van der Waals surface area contributed by atoms with Gasteiger partial charge in [-0.05, 0) is 20.5 Å². The lowest BCUT2D eigenvalue weighted by Crippen LogP contribution is -2.52. The molecular formula is C13H23N3O4. The Morgan fingerprint density at radius 1 is 0.950 bits per heavy atom. The number of carboxylic acid groups (broad SMARTS) is 1. The van der Waals surface area contributed by atoms with Crippen LogP contribution in [0.4, 0.5) is 0 Å². The highest BCUT2D eigenvalue weighted by Crippen LogP contribution is 2.07. The first-order valence-corrected chi connectivity index (χ1v) is 6.82. The van der Waals surface area contributed by atoms with Crippen molar-refractivity contribution >= 4 is 17.8 Å². The van der Waals surface area contributed by atoms with Crippen molar-refractivity contribution in [2.45, 2.75) is 19.3 Å². The Labute approximate surface area is 119 Å². The van der Waals surface area contributed by atoms with Gasteiger partial charge < -0.3 is 19.8 Å². The van der Waals surface area contributed by atoms with E-state index in [0.29, 0.717) is 39.1 Å². The third-order valence-corrected chi connectivity index (χ3v) is 3.22. The standard InChI is InChI=1S/C13H23N3O4/c1-14(2)10-12(18)16-8-6-15(7-9-16)11(17)4-3-5-13(19)20/h3-10H2,1-2H3,(H,19,20). The van der Waals surface area contributed by atoms with Crippen LogP contribution in [-0.2, 0) is 14.4 Å². The van der Waals surface area contributed by atoms with E-state index in [0.717, 1.165) is 0 Å². The van der Waals surface area contributed by atoms with Crippen molar-refractivity contribution < 1.29 is 19.5 Å². The van der Waals surface area contributed by atoms with Gasteiger partial charge in [0.25, 0.3) is 0 Å². The average Bonchev–Trinajstić information content (AvgIpc) is 2.37. The van der Waals surface area contributed by atoms with Crippen molar-refractivity contribution in [3.8, 4) is 0 Å². The fourth-order valence-electron chi connectivity index (χ4n) is 2.12. The Bertz CT molecular complexity index is 363. The van der Waals surface area contributed by atoms with Crippen LogP contribution >= 0.6 is 0 Å². The van der Waals surface area contributed by atoms with Crippen LogP contribution in [0.5, 0.6) is 0 Å². The third kappa shape index (κ3) is 5.56. The Morgan fingerprint density at radius 3 is 1.90 bits per heavy atom. The quantitative estimate of drug-likeness (QED) is 0.710. The van der Waals surface area contributed by atoms with E-state index in [1.54, 1.807) is 9.80 Å². The number of aliphatic carboxylic acids is 1. The molecule has 0 unspecified atom stereocenters. The van der Waals surface area contributed by atoms with Crippen LogP contribution in [0, 0.1) is 0 Å². The number of carbonyl (C=O) groups is 3. The SMILES string of the molecule is CN(C)CC(=O)N1CCN(C(=O)CCCC(=O)O)CC1. The molecule has 1 rings (SSSR count). The van der Waals surface area contributed by atoms with Gasteiger partial charge in [-0.25, -0.2) is 0 Å². The molecule has 0 bridgehead atoms. The van der Waals surface area contributed by atoms with Crippen LogP contribution in [0.25, 0.3) is 0 Å². The zero-order chi connectivity index (χ0) is 15.1. The van der Waals surface area contributed by atoms with E-state index < -0.39 is 5.97 Å². The number of hydrogen-bond acceptors (Lipinski definition) is 4. The summed E-state index contributed by atoms with van der Waals surface area (Å²) >= 11 is 0. The summed E-state index contributed by atoms with van der Waals surface area (Å²) in [5.74, 6) is -0.823. The van der Waals surface area contributed by atoms with E-state index in [9.17, 15) is 14.4 Å². The van der Waals surface area contributed by atoms with E-state index in [1.807, 2.05) is 19.0 Å². The second-order valence-corrected chi connectivity index (χ2v) is 5.25. The predicted octanol–water partition coefficient (Wildman–Crippen LogP) is -0.526. The number of carbonyl (C=O) groups excluding carboxylic acids is 2. The van der Waals surface area contributed by atoms with Crippen molar-refractivity contribution in [3.63, 3.8) is 0 Å². The van der Waals surface area contributed by atoms with Crippen LogP contribution in [0.1, 0.15) is 19.3 Å². The number of rotatable bonds is 6. The smallest absolute Gasteiger partial charge is 0.303 e. The van der Waals surface area contributed by atoms with Crippen LogP contribution in [0.2, 0.25) is 0 Å². The van der Waals surface area contributed by atoms with E-state index >= 15 is 0 Å². The van der Waals surface area contributed by atoms with E-state index in [1.165, 1.54) is 0 Å². The van der Waals surface area contributed by atoms with Crippen molar-refractivity contribution in [2.75, 3.05) is 46.8 Å². The highest BCUT2D eigenvalue weighted by Gasteiger charge is 2.23. The third-order valence-electron chi connectivity index (χ3n) is 3.22. The zero-order valence-corrected chi connectivity index (χ0v) is 12.2. The van der Waals surface area contributed by atoms with Gasteiger partial charge in [-0.15, -0.1) is 0 Å². The largest absolute Gasteiger partial charge is 0.481 e. The lowest BCUT2D eigenvalue weighted by Gasteiger charge is -2.35. The predicted molar refractivity (Wildman–Crippen MR) is 73.2 cm³/mol. The molecule has 0 radical (unpaired) electrons. The fraction of sp³-hybridized carbons (Fsp3) is 0.769. The number of hydrogen-bond donors (Lipinski definition) is 1. The normalized spacial score (nSPS) is 15.6. The summed E-state index contributed by atoms with van der Waals surface area (Å²) in [4.78, 5) is 39.4. The molecule has 1 saturated heterocycles. The summed E-state index contributed by atoms with van der Waals surface area (Å²) in [5, 5.41) is 8.53. The van der Waals surface area contributed by atoms with Gasteiger partial charge in [-0.2, -0.15) is 0 Å². The lowest BCUT2D eigenvalue weighted by atomic mass is 10.2. The van der Waals surface area contributed by atoms with Crippen molar-refractivity contribution in [3.05, 3.63) is 0 Å². The van der Waals surface area contributed by atoms with Crippen molar-refractivity contribution in [1.82, 2.24) is 14.7 Å². The van der Waals surface area contributed by atoms with Gasteiger partial charge in [0.05, 0.1) is 6.54 Å². The van der Waals surface area contributed by atoms with Gasteiger partial charge >= 0.3 is 5.97 Å². The van der Waals surface area contributed by atoms with Gasteiger partial charge in [-0.1, -0.05) is 0 Å². The molecule has 0 aliphatic carbocycles. The van der Waals surface area contributed by atoms with Gasteiger partial charge in [0, 0.05) is 39.0 Å². The molecule has 0 aromatic carbocycles. The van der Waals surface area contributed by atoms with Gasteiger partial charge in [0.15, 0.2) is 0 Å². The second-order valence-electron chi connectivity index (χ2n) is 5.25. The first kappa shape index (κ1) is 16.4. The minimum Gasteiger partial charge on any atom is -0.481 e. The van der Waals surface area contributed by atoms with Gasteiger partial charge in [0.2, 0.25) is 11.8 Å². The van der Waals surface area contributed by atoms with Gasteiger partial charge in [-0.3, -0.25) is 14.4 Å². The summed E-state index contributed by atoms with van der Waals surface area (Å²) < 4.78 is 0. The first-order chi connectivity index (χ1) is 9.40. The van der Waals surface area contributed by atoms with E-state index in [2.05, 4.69) is 0 Å². The zero-order valence-electron chi connectivity index (χ0n) is 12.2. The second kappa shape index (κ2) is 7.84. The monoisotopic (exact) mass is 285 g/mol. The first-order valence-electron chi connectivity index (χ1n) is 6.82. The minimum absolute atomic E-state index is 0.0209. The summed E-state index contributed by atoms with van der Waals surface area (Å²) in [6.45, 7) is 2.55. The molecule has 20 heavy (non-hydrogen) atoms. The molecular weight excluding hydrogens is 262 g/mol. The number of piperazine rings is 1. The molecule has 1 aliphatic heterocycles. The highest BCUT2D eigenvalue weighted by molar-refractivity contribution is 5.80. The molecule has 1 aliphatic rings. The Morgan fingerprint density at radius 2 is 1.45 bits per heavy atom.